The molecule has 1 aliphatic rings. The zero-order valence-corrected chi connectivity index (χ0v) is 16.4. The fourth-order valence-electron chi connectivity index (χ4n) is 2.38. The van der Waals surface area contributed by atoms with E-state index in [1.165, 1.54) is 7.11 Å². The quantitative estimate of drug-likeness (QED) is 0.596. The lowest BCUT2D eigenvalue weighted by Gasteiger charge is -2.29. The molecule has 9 heteroatoms. The van der Waals surface area contributed by atoms with Crippen LogP contribution in [0.15, 0.2) is 26.3 Å². The molecule has 0 aromatic heterocycles. The number of carbonyl (C=O) groups is 2. The number of phenols is 1. The topological polar surface area (TPSA) is 96.9 Å². The van der Waals surface area contributed by atoms with Crippen molar-refractivity contribution in [3.05, 3.63) is 31.8 Å². The molecule has 1 unspecified atom stereocenters. The zero-order chi connectivity index (χ0) is 18.0. The van der Waals surface area contributed by atoms with Gasteiger partial charge in [0.1, 0.15) is 0 Å². The first-order chi connectivity index (χ1) is 11.3. The number of ether oxygens (including phenoxy) is 2. The molecule has 1 aromatic carbocycles. The van der Waals surface area contributed by atoms with Crippen molar-refractivity contribution in [2.24, 2.45) is 0 Å². The van der Waals surface area contributed by atoms with Crippen LogP contribution >= 0.6 is 31.9 Å². The summed E-state index contributed by atoms with van der Waals surface area (Å²) in [6.07, 6.45) is 0. The summed E-state index contributed by atoms with van der Waals surface area (Å²) in [5.41, 5.74) is 1.21. The molecule has 130 valence electrons. The predicted molar refractivity (Wildman–Crippen MR) is 93.8 cm³/mol. The first-order valence-corrected chi connectivity index (χ1v) is 8.60. The number of amides is 2. The van der Waals surface area contributed by atoms with Crippen molar-refractivity contribution >= 4 is 43.9 Å². The average Bonchev–Trinajstić information content (AvgIpc) is 2.52. The van der Waals surface area contributed by atoms with Gasteiger partial charge >= 0.3 is 12.0 Å². The summed E-state index contributed by atoms with van der Waals surface area (Å²) in [4.78, 5) is 24.2. The summed E-state index contributed by atoms with van der Waals surface area (Å²) in [6.45, 7) is 3.53. The molecule has 2 amide bonds. The van der Waals surface area contributed by atoms with Crippen molar-refractivity contribution in [2.45, 2.75) is 19.9 Å². The molecule has 1 atom stereocenters. The van der Waals surface area contributed by atoms with Crippen LogP contribution in [0.3, 0.4) is 0 Å². The van der Waals surface area contributed by atoms with Crippen molar-refractivity contribution in [1.82, 2.24) is 10.6 Å². The second kappa shape index (κ2) is 7.43. The highest BCUT2D eigenvalue weighted by atomic mass is 79.9. The Morgan fingerprint density at radius 3 is 2.62 bits per heavy atom. The van der Waals surface area contributed by atoms with Gasteiger partial charge in [0, 0.05) is 10.2 Å². The molecule has 7 nitrogen and oxygen atoms in total. The Hall–Kier alpha value is -1.74. The van der Waals surface area contributed by atoms with E-state index in [9.17, 15) is 14.7 Å². The Labute approximate surface area is 155 Å². The predicted octanol–water partition coefficient (Wildman–Crippen LogP) is 3.12. The van der Waals surface area contributed by atoms with Gasteiger partial charge in [-0.25, -0.2) is 9.59 Å². The van der Waals surface area contributed by atoms with Crippen molar-refractivity contribution in [3.8, 4) is 11.5 Å². The molecule has 0 aliphatic carbocycles. The maximum Gasteiger partial charge on any atom is 0.338 e. The van der Waals surface area contributed by atoms with E-state index in [1.807, 2.05) is 0 Å². The third-order valence-corrected chi connectivity index (χ3v) is 5.63. The van der Waals surface area contributed by atoms with E-state index in [1.54, 1.807) is 19.9 Å². The molecule has 0 saturated carbocycles. The van der Waals surface area contributed by atoms with E-state index < -0.39 is 18.0 Å². The number of hydrogen-bond donors (Lipinski definition) is 3. The first kappa shape index (κ1) is 18.6. The molecular weight excluding hydrogens is 448 g/mol. The number of halogens is 2. The number of rotatable bonds is 4. The van der Waals surface area contributed by atoms with Gasteiger partial charge in [0.2, 0.25) is 0 Å². The maximum atomic E-state index is 12.3. The number of methoxy groups -OCH3 is 1. The van der Waals surface area contributed by atoms with Crippen LogP contribution < -0.4 is 15.4 Å². The molecule has 0 radical (unpaired) electrons. The van der Waals surface area contributed by atoms with E-state index in [0.717, 1.165) is 0 Å². The standard InChI is InChI=1S/C15H16Br2N2O5/c1-4-24-14(21)9-6(2)18-15(22)19-12(9)7-5-8(23-3)13(20)11(17)10(7)16/h5,12,20H,4H2,1-3H3,(H2,18,19,22). The molecule has 1 heterocycles. The molecule has 24 heavy (non-hydrogen) atoms. The zero-order valence-electron chi connectivity index (χ0n) is 13.2. The molecule has 0 saturated heterocycles. The van der Waals surface area contributed by atoms with Crippen molar-refractivity contribution in [3.63, 3.8) is 0 Å². The average molecular weight is 464 g/mol. The molecule has 1 aromatic rings. The monoisotopic (exact) mass is 462 g/mol. The van der Waals surface area contributed by atoms with Gasteiger partial charge < -0.3 is 25.2 Å². The van der Waals surface area contributed by atoms with E-state index in [0.29, 0.717) is 20.2 Å². The molecule has 0 fully saturated rings. The second-order valence-corrected chi connectivity index (χ2v) is 6.52. The highest BCUT2D eigenvalue weighted by Gasteiger charge is 2.34. The lowest BCUT2D eigenvalue weighted by molar-refractivity contribution is -0.139. The minimum atomic E-state index is -0.766. The Balaban J connectivity index is 2.64. The maximum absolute atomic E-state index is 12.3. The van der Waals surface area contributed by atoms with Crippen LogP contribution in [-0.2, 0) is 9.53 Å². The molecular formula is C15H16Br2N2O5. The minimum Gasteiger partial charge on any atom is -0.503 e. The van der Waals surface area contributed by atoms with Crippen molar-refractivity contribution < 1.29 is 24.2 Å². The van der Waals surface area contributed by atoms with Crippen LogP contribution in [0.25, 0.3) is 0 Å². The van der Waals surface area contributed by atoms with Gasteiger partial charge in [-0.15, -0.1) is 0 Å². The Morgan fingerprint density at radius 2 is 2.04 bits per heavy atom. The summed E-state index contributed by atoms with van der Waals surface area (Å²) in [6, 6.07) is 0.339. The summed E-state index contributed by atoms with van der Waals surface area (Å²) in [5, 5.41) is 15.3. The van der Waals surface area contributed by atoms with Gasteiger partial charge in [0.15, 0.2) is 11.5 Å². The summed E-state index contributed by atoms with van der Waals surface area (Å²) < 4.78 is 11.1. The summed E-state index contributed by atoms with van der Waals surface area (Å²) in [7, 11) is 1.41. The van der Waals surface area contributed by atoms with Crippen LogP contribution in [0.5, 0.6) is 11.5 Å². The van der Waals surface area contributed by atoms with Crippen molar-refractivity contribution in [2.75, 3.05) is 13.7 Å². The number of esters is 1. The van der Waals surface area contributed by atoms with E-state index >= 15 is 0 Å². The molecule has 3 N–H and O–H groups in total. The second-order valence-electron chi connectivity index (χ2n) is 4.94. The van der Waals surface area contributed by atoms with Gasteiger partial charge in [-0.3, -0.25) is 0 Å². The third kappa shape index (κ3) is 3.36. The lowest BCUT2D eigenvalue weighted by atomic mass is 9.95. The van der Waals surface area contributed by atoms with E-state index in [4.69, 9.17) is 9.47 Å². The fourth-order valence-corrected chi connectivity index (χ4v) is 3.34. The van der Waals surface area contributed by atoms with Gasteiger partial charge in [0.05, 0.1) is 29.8 Å². The smallest absolute Gasteiger partial charge is 0.338 e. The normalized spacial score (nSPS) is 17.2. The molecule has 0 spiro atoms. The highest BCUT2D eigenvalue weighted by molar-refractivity contribution is 9.13. The number of urea groups is 1. The number of allylic oxidation sites excluding steroid dienone is 1. The van der Waals surface area contributed by atoms with Crippen LogP contribution in [0.2, 0.25) is 0 Å². The minimum absolute atomic E-state index is 0.0910. The number of carbonyl (C=O) groups excluding carboxylic acids is 2. The lowest BCUT2D eigenvalue weighted by Crippen LogP contribution is -2.45. The first-order valence-electron chi connectivity index (χ1n) is 7.02. The molecule has 0 bridgehead atoms. The Bertz CT molecular complexity index is 733. The SMILES string of the molecule is CCOC(=O)C1=C(C)NC(=O)NC1c1cc(OC)c(O)c(Br)c1Br. The van der Waals surface area contributed by atoms with Crippen LogP contribution in [0.1, 0.15) is 25.5 Å². The Morgan fingerprint density at radius 1 is 1.38 bits per heavy atom. The van der Waals surface area contributed by atoms with Gasteiger partial charge in [-0.2, -0.15) is 0 Å². The van der Waals surface area contributed by atoms with Crippen LogP contribution in [0, 0.1) is 0 Å². The number of phenolic OH excluding ortho intramolecular Hbond substituents is 1. The third-order valence-electron chi connectivity index (χ3n) is 3.47. The van der Waals surface area contributed by atoms with Crippen LogP contribution in [0.4, 0.5) is 4.79 Å². The number of hydrogen-bond acceptors (Lipinski definition) is 5. The van der Waals surface area contributed by atoms with Gasteiger partial charge in [0.25, 0.3) is 0 Å². The van der Waals surface area contributed by atoms with Crippen molar-refractivity contribution in [1.29, 1.82) is 0 Å². The fraction of sp³-hybridized carbons (Fsp3) is 0.333. The van der Waals surface area contributed by atoms with E-state index in [-0.39, 0.29) is 23.7 Å². The highest BCUT2D eigenvalue weighted by Crippen LogP contribution is 2.45. The number of benzene rings is 1. The summed E-state index contributed by atoms with van der Waals surface area (Å²) >= 11 is 6.65. The summed E-state index contributed by atoms with van der Waals surface area (Å²) in [5.74, 6) is -0.428. The molecule has 1 aliphatic heterocycles. The van der Waals surface area contributed by atoms with Gasteiger partial charge in [-0.05, 0) is 57.3 Å². The number of aromatic hydroxyl groups is 1. The Kier molecular flexibility index (Phi) is 5.76. The van der Waals surface area contributed by atoms with Gasteiger partial charge in [-0.1, -0.05) is 0 Å². The largest absolute Gasteiger partial charge is 0.503 e. The number of nitrogens with one attached hydrogen (secondary N) is 2. The van der Waals surface area contributed by atoms with E-state index in [2.05, 4.69) is 42.5 Å². The molecule has 2 rings (SSSR count). The van der Waals surface area contributed by atoms with Crippen LogP contribution in [-0.4, -0.2) is 30.8 Å².